The van der Waals surface area contributed by atoms with Gasteiger partial charge in [-0.1, -0.05) is 11.3 Å². The van der Waals surface area contributed by atoms with Crippen molar-refractivity contribution in [1.29, 1.82) is 0 Å². The molecular formula is C12H17N5O4S. The number of hydrogen-bond acceptors (Lipinski definition) is 7. The first-order valence-corrected chi connectivity index (χ1v) is 7.49. The second kappa shape index (κ2) is 7.18. The third-order valence-corrected chi connectivity index (χ3v) is 3.74. The Morgan fingerprint density at radius 3 is 3.09 bits per heavy atom. The van der Waals surface area contributed by atoms with Crippen molar-refractivity contribution in [2.24, 2.45) is 0 Å². The SMILES string of the molecule is COCCCNC(=O)CN(C)c1nc2sccn2c1[N+](=O)[O-]. The molecular weight excluding hydrogens is 310 g/mol. The molecule has 2 aromatic rings. The molecule has 2 aromatic heterocycles. The van der Waals surface area contributed by atoms with Gasteiger partial charge in [0.15, 0.2) is 0 Å². The Morgan fingerprint density at radius 2 is 2.41 bits per heavy atom. The molecule has 0 radical (unpaired) electrons. The van der Waals surface area contributed by atoms with E-state index in [1.165, 1.54) is 20.6 Å². The third kappa shape index (κ3) is 3.52. The number of fused-ring (bicyclic) bond motifs is 1. The first-order valence-electron chi connectivity index (χ1n) is 6.61. The molecule has 0 saturated heterocycles. The number of aromatic nitrogens is 2. The highest BCUT2D eigenvalue weighted by molar-refractivity contribution is 7.15. The molecule has 0 saturated carbocycles. The summed E-state index contributed by atoms with van der Waals surface area (Å²) in [6.07, 6.45) is 2.31. The zero-order chi connectivity index (χ0) is 16.1. The zero-order valence-corrected chi connectivity index (χ0v) is 13.1. The zero-order valence-electron chi connectivity index (χ0n) is 12.3. The van der Waals surface area contributed by atoms with Gasteiger partial charge in [-0.3, -0.25) is 4.79 Å². The quantitative estimate of drug-likeness (QED) is 0.439. The lowest BCUT2D eigenvalue weighted by atomic mass is 10.4. The van der Waals surface area contributed by atoms with Crippen LogP contribution in [-0.4, -0.2) is 54.1 Å². The van der Waals surface area contributed by atoms with E-state index in [4.69, 9.17) is 4.74 Å². The number of nitrogens with zero attached hydrogens (tertiary/aromatic N) is 4. The Morgan fingerprint density at radius 1 is 1.64 bits per heavy atom. The van der Waals surface area contributed by atoms with Crippen molar-refractivity contribution in [3.63, 3.8) is 0 Å². The molecule has 2 heterocycles. The number of carbonyl (C=O) groups excluding carboxylic acids is 1. The number of amides is 1. The monoisotopic (exact) mass is 327 g/mol. The summed E-state index contributed by atoms with van der Waals surface area (Å²) in [5, 5.41) is 15.7. The summed E-state index contributed by atoms with van der Waals surface area (Å²) in [7, 11) is 3.20. The van der Waals surface area contributed by atoms with Crippen LogP contribution in [0.25, 0.3) is 4.96 Å². The molecule has 120 valence electrons. The lowest BCUT2D eigenvalue weighted by molar-refractivity contribution is -0.389. The molecule has 0 bridgehead atoms. The van der Waals surface area contributed by atoms with Crippen molar-refractivity contribution in [2.75, 3.05) is 38.8 Å². The maximum absolute atomic E-state index is 11.8. The predicted molar refractivity (Wildman–Crippen MR) is 82.5 cm³/mol. The second-order valence-corrected chi connectivity index (χ2v) is 5.50. The van der Waals surface area contributed by atoms with E-state index < -0.39 is 4.92 Å². The third-order valence-electron chi connectivity index (χ3n) is 2.98. The van der Waals surface area contributed by atoms with E-state index in [1.807, 2.05) is 0 Å². The number of methoxy groups -OCH3 is 1. The molecule has 9 nitrogen and oxygen atoms in total. The smallest absolute Gasteiger partial charge is 0.373 e. The fraction of sp³-hybridized carbons (Fsp3) is 0.500. The molecule has 0 atom stereocenters. The minimum atomic E-state index is -0.491. The largest absolute Gasteiger partial charge is 0.385 e. The highest BCUT2D eigenvalue weighted by Crippen LogP contribution is 2.30. The van der Waals surface area contributed by atoms with Crippen LogP contribution in [0.4, 0.5) is 11.6 Å². The van der Waals surface area contributed by atoms with E-state index in [-0.39, 0.29) is 24.1 Å². The second-order valence-electron chi connectivity index (χ2n) is 4.62. The van der Waals surface area contributed by atoms with Crippen molar-refractivity contribution in [1.82, 2.24) is 14.7 Å². The molecule has 0 aromatic carbocycles. The maximum Gasteiger partial charge on any atom is 0.373 e. The van der Waals surface area contributed by atoms with E-state index in [1.54, 1.807) is 25.7 Å². The standard InChI is InChI=1S/C12H17N5O4S/c1-15(8-9(18)13-4-3-6-21-2)10-11(17(19)20)16-5-7-22-12(16)14-10/h5,7H,3-4,6,8H2,1-2H3,(H,13,18). The highest BCUT2D eigenvalue weighted by Gasteiger charge is 2.27. The van der Waals surface area contributed by atoms with Crippen LogP contribution in [0.3, 0.4) is 0 Å². The highest BCUT2D eigenvalue weighted by atomic mass is 32.1. The Labute approximate surface area is 130 Å². The van der Waals surface area contributed by atoms with Crippen LogP contribution >= 0.6 is 11.3 Å². The minimum Gasteiger partial charge on any atom is -0.385 e. The fourth-order valence-electron chi connectivity index (χ4n) is 1.98. The van der Waals surface area contributed by atoms with Gasteiger partial charge in [0.05, 0.1) is 6.54 Å². The summed E-state index contributed by atoms with van der Waals surface area (Å²) in [5.74, 6) is -0.168. The molecule has 1 N–H and O–H groups in total. The van der Waals surface area contributed by atoms with Gasteiger partial charge in [-0.15, -0.1) is 0 Å². The van der Waals surface area contributed by atoms with E-state index in [9.17, 15) is 14.9 Å². The van der Waals surface area contributed by atoms with Crippen LogP contribution in [0, 0.1) is 10.1 Å². The first-order chi connectivity index (χ1) is 10.5. The number of anilines is 1. The van der Waals surface area contributed by atoms with Crippen molar-refractivity contribution in [3.8, 4) is 0 Å². The average Bonchev–Trinajstić information content (AvgIpc) is 3.03. The van der Waals surface area contributed by atoms with Crippen LogP contribution < -0.4 is 10.2 Å². The maximum atomic E-state index is 11.8. The Kier molecular flexibility index (Phi) is 5.28. The molecule has 10 heteroatoms. The number of likely N-dealkylation sites (N-methyl/N-ethyl adjacent to an activating group) is 1. The average molecular weight is 327 g/mol. The first kappa shape index (κ1) is 16.2. The molecule has 22 heavy (non-hydrogen) atoms. The van der Waals surface area contributed by atoms with Gasteiger partial charge in [0.25, 0.3) is 4.96 Å². The van der Waals surface area contributed by atoms with Gasteiger partial charge in [-0.25, -0.2) is 0 Å². The Bertz CT molecular complexity index is 668. The van der Waals surface area contributed by atoms with Gasteiger partial charge >= 0.3 is 5.82 Å². The van der Waals surface area contributed by atoms with E-state index in [0.717, 1.165) is 0 Å². The molecule has 0 spiro atoms. The number of thiazole rings is 1. The predicted octanol–water partition coefficient (Wildman–Crippen LogP) is 0.893. The van der Waals surface area contributed by atoms with Crippen molar-refractivity contribution < 1.29 is 14.5 Å². The molecule has 0 unspecified atom stereocenters. The summed E-state index contributed by atoms with van der Waals surface area (Å²) < 4.78 is 6.30. The van der Waals surface area contributed by atoms with Crippen molar-refractivity contribution >= 4 is 33.8 Å². The van der Waals surface area contributed by atoms with Crippen LogP contribution in [0.2, 0.25) is 0 Å². The van der Waals surface area contributed by atoms with Gasteiger partial charge in [0.1, 0.15) is 6.20 Å². The number of hydrogen-bond donors (Lipinski definition) is 1. The van der Waals surface area contributed by atoms with Gasteiger partial charge in [-0.2, -0.15) is 9.38 Å². The molecule has 0 aliphatic rings. The topological polar surface area (TPSA) is 102 Å². The van der Waals surface area contributed by atoms with Crippen molar-refractivity contribution in [3.05, 3.63) is 21.7 Å². The number of imidazole rings is 1. The Balaban J connectivity index is 2.04. The molecule has 0 aliphatic heterocycles. The van der Waals surface area contributed by atoms with E-state index in [2.05, 4.69) is 10.3 Å². The number of nitrogens with one attached hydrogen (secondary N) is 1. The molecule has 0 fully saturated rings. The molecule has 1 amide bonds. The van der Waals surface area contributed by atoms with Crippen LogP contribution in [0.1, 0.15) is 6.42 Å². The van der Waals surface area contributed by atoms with Crippen LogP contribution in [0.15, 0.2) is 11.6 Å². The van der Waals surface area contributed by atoms with Gasteiger partial charge in [-0.05, 0) is 11.3 Å². The normalized spacial score (nSPS) is 10.8. The number of ether oxygens (including phenoxy) is 1. The van der Waals surface area contributed by atoms with Gasteiger partial charge < -0.3 is 25.1 Å². The van der Waals surface area contributed by atoms with E-state index >= 15 is 0 Å². The molecule has 2 rings (SSSR count). The lowest BCUT2D eigenvalue weighted by Crippen LogP contribution is -2.36. The number of carbonyl (C=O) groups is 1. The Hall–Kier alpha value is -2.20. The lowest BCUT2D eigenvalue weighted by Gasteiger charge is -2.15. The van der Waals surface area contributed by atoms with Crippen molar-refractivity contribution in [2.45, 2.75) is 6.42 Å². The summed E-state index contributed by atoms with van der Waals surface area (Å²) in [6, 6.07) is 0. The summed E-state index contributed by atoms with van der Waals surface area (Å²) in [5.41, 5.74) is 0. The summed E-state index contributed by atoms with van der Waals surface area (Å²) in [4.78, 5) is 28.8. The molecule has 0 aliphatic carbocycles. The van der Waals surface area contributed by atoms with Gasteiger partial charge in [0, 0.05) is 32.7 Å². The van der Waals surface area contributed by atoms with E-state index in [0.29, 0.717) is 24.5 Å². The summed E-state index contributed by atoms with van der Waals surface area (Å²) >= 11 is 1.30. The summed E-state index contributed by atoms with van der Waals surface area (Å²) in [6.45, 7) is 1.07. The van der Waals surface area contributed by atoms with Gasteiger partial charge in [0.2, 0.25) is 11.7 Å². The van der Waals surface area contributed by atoms with Crippen LogP contribution in [-0.2, 0) is 9.53 Å². The fourth-order valence-corrected chi connectivity index (χ4v) is 2.68. The number of rotatable bonds is 8. The van der Waals surface area contributed by atoms with Crippen LogP contribution in [0.5, 0.6) is 0 Å². The number of nitro groups is 1. The minimum absolute atomic E-state index is 0.00133.